The summed E-state index contributed by atoms with van der Waals surface area (Å²) in [6, 6.07) is 11.3. The van der Waals surface area contributed by atoms with E-state index in [-0.39, 0.29) is 6.54 Å². The van der Waals surface area contributed by atoms with Gasteiger partial charge in [0.05, 0.1) is 12.8 Å². The van der Waals surface area contributed by atoms with E-state index in [1.54, 1.807) is 36.4 Å². The quantitative estimate of drug-likeness (QED) is 0.675. The molecule has 0 saturated heterocycles. The molecule has 0 fully saturated rings. The summed E-state index contributed by atoms with van der Waals surface area (Å²) < 4.78 is 45.6. The number of alkyl halides is 3. The van der Waals surface area contributed by atoms with E-state index >= 15 is 0 Å². The Bertz CT molecular complexity index is 695. The first-order valence-electron chi connectivity index (χ1n) is 5.73. The highest BCUT2D eigenvalue weighted by atomic mass is 19.4. The van der Waals surface area contributed by atoms with Crippen LogP contribution < -0.4 is 0 Å². The molecule has 98 valence electrons. The van der Waals surface area contributed by atoms with Crippen molar-refractivity contribution in [3.8, 4) is 0 Å². The van der Waals surface area contributed by atoms with E-state index in [1.807, 2.05) is 0 Å². The highest BCUT2D eigenvalue weighted by Crippen LogP contribution is 2.34. The van der Waals surface area contributed by atoms with Gasteiger partial charge in [0.1, 0.15) is 11.5 Å². The van der Waals surface area contributed by atoms with Crippen LogP contribution in [0.15, 0.2) is 53.1 Å². The molecule has 2 aromatic heterocycles. The van der Waals surface area contributed by atoms with Gasteiger partial charge in [0, 0.05) is 10.9 Å². The van der Waals surface area contributed by atoms with Gasteiger partial charge in [-0.15, -0.1) is 0 Å². The predicted molar refractivity (Wildman–Crippen MR) is 64.8 cm³/mol. The first-order valence-corrected chi connectivity index (χ1v) is 5.73. The third kappa shape index (κ3) is 2.12. The van der Waals surface area contributed by atoms with Crippen LogP contribution in [0.5, 0.6) is 0 Å². The molecular formula is C14H10F3NO. The van der Waals surface area contributed by atoms with Gasteiger partial charge in [0.15, 0.2) is 0 Å². The SMILES string of the molecule is FC(F)(F)c1cc2ccccc2n1Cc1ccco1. The fourth-order valence-corrected chi connectivity index (χ4v) is 2.17. The molecule has 0 saturated carbocycles. The third-order valence-corrected chi connectivity index (χ3v) is 3.00. The Hall–Kier alpha value is -2.17. The van der Waals surface area contributed by atoms with E-state index in [2.05, 4.69) is 0 Å². The molecule has 0 unspecified atom stereocenters. The van der Waals surface area contributed by atoms with Crippen molar-refractivity contribution in [2.75, 3.05) is 0 Å². The smallest absolute Gasteiger partial charge is 0.431 e. The average Bonchev–Trinajstić information content (AvgIpc) is 2.97. The van der Waals surface area contributed by atoms with Gasteiger partial charge < -0.3 is 8.98 Å². The fourth-order valence-electron chi connectivity index (χ4n) is 2.17. The standard InChI is InChI=1S/C14H10F3NO/c15-14(16,17)13-8-10-4-1-2-6-12(10)18(13)9-11-5-3-7-19-11/h1-8H,9H2. The van der Waals surface area contributed by atoms with Crippen molar-refractivity contribution in [2.45, 2.75) is 12.7 Å². The molecule has 3 rings (SSSR count). The van der Waals surface area contributed by atoms with Crippen molar-refractivity contribution in [1.29, 1.82) is 0 Å². The lowest BCUT2D eigenvalue weighted by Crippen LogP contribution is -2.13. The lowest BCUT2D eigenvalue weighted by molar-refractivity contribution is -0.143. The Labute approximate surface area is 107 Å². The molecule has 0 N–H and O–H groups in total. The zero-order chi connectivity index (χ0) is 13.5. The van der Waals surface area contributed by atoms with Gasteiger partial charge in [-0.05, 0) is 24.3 Å². The summed E-state index contributed by atoms with van der Waals surface area (Å²) in [5, 5.41) is 0.571. The molecule has 2 heterocycles. The molecule has 19 heavy (non-hydrogen) atoms. The number of benzene rings is 1. The first kappa shape index (κ1) is 11.9. The van der Waals surface area contributed by atoms with Gasteiger partial charge in [-0.25, -0.2) is 0 Å². The largest absolute Gasteiger partial charge is 0.467 e. The molecule has 0 spiro atoms. The van der Waals surface area contributed by atoms with Gasteiger partial charge in [-0.1, -0.05) is 18.2 Å². The van der Waals surface area contributed by atoms with E-state index in [9.17, 15) is 13.2 Å². The fraction of sp³-hybridized carbons (Fsp3) is 0.143. The molecule has 0 aliphatic carbocycles. The lowest BCUT2D eigenvalue weighted by Gasteiger charge is -2.11. The van der Waals surface area contributed by atoms with Crippen LogP contribution in [-0.4, -0.2) is 4.57 Å². The minimum absolute atomic E-state index is 0.0648. The first-order chi connectivity index (χ1) is 9.05. The van der Waals surface area contributed by atoms with Gasteiger partial charge in [0.2, 0.25) is 0 Å². The number of hydrogen-bond donors (Lipinski definition) is 0. The van der Waals surface area contributed by atoms with Crippen molar-refractivity contribution >= 4 is 10.9 Å². The summed E-state index contributed by atoms with van der Waals surface area (Å²) >= 11 is 0. The summed E-state index contributed by atoms with van der Waals surface area (Å²) in [6.07, 6.45) is -2.93. The highest BCUT2D eigenvalue weighted by molar-refractivity contribution is 5.81. The number of rotatable bonds is 2. The number of hydrogen-bond acceptors (Lipinski definition) is 1. The van der Waals surface area contributed by atoms with Gasteiger partial charge >= 0.3 is 6.18 Å². The van der Waals surface area contributed by atoms with Gasteiger partial charge in [0.25, 0.3) is 0 Å². The molecule has 0 amide bonds. The van der Waals surface area contributed by atoms with Crippen molar-refractivity contribution in [1.82, 2.24) is 4.57 Å². The lowest BCUT2D eigenvalue weighted by atomic mass is 10.2. The average molecular weight is 265 g/mol. The molecule has 0 aliphatic rings. The van der Waals surface area contributed by atoms with Crippen LogP contribution in [0.25, 0.3) is 10.9 Å². The zero-order valence-corrected chi connectivity index (χ0v) is 9.82. The summed E-state index contributed by atoms with van der Waals surface area (Å²) in [6.45, 7) is 0.0648. The number of aromatic nitrogens is 1. The highest BCUT2D eigenvalue weighted by Gasteiger charge is 2.35. The van der Waals surface area contributed by atoms with Crippen molar-refractivity contribution in [2.24, 2.45) is 0 Å². The number of para-hydroxylation sites is 1. The maximum absolute atomic E-state index is 13.1. The second-order valence-corrected chi connectivity index (χ2v) is 4.25. The van der Waals surface area contributed by atoms with E-state index in [1.165, 1.54) is 10.8 Å². The number of fused-ring (bicyclic) bond motifs is 1. The molecule has 2 nitrogen and oxygen atoms in total. The summed E-state index contributed by atoms with van der Waals surface area (Å²) in [4.78, 5) is 0. The minimum atomic E-state index is -4.38. The van der Waals surface area contributed by atoms with Gasteiger partial charge in [-0.2, -0.15) is 13.2 Å². The topological polar surface area (TPSA) is 18.1 Å². The van der Waals surface area contributed by atoms with E-state index in [0.717, 1.165) is 6.07 Å². The summed E-state index contributed by atoms with van der Waals surface area (Å²) in [5.74, 6) is 0.492. The molecule has 1 aromatic carbocycles. The normalized spacial score (nSPS) is 12.2. The minimum Gasteiger partial charge on any atom is -0.467 e. The Morgan fingerprint density at radius 3 is 2.53 bits per heavy atom. The van der Waals surface area contributed by atoms with E-state index in [0.29, 0.717) is 16.7 Å². The van der Waals surface area contributed by atoms with Crippen LogP contribution in [0.2, 0.25) is 0 Å². The molecule has 0 radical (unpaired) electrons. The maximum Gasteiger partial charge on any atom is 0.431 e. The number of furan rings is 1. The molecular weight excluding hydrogens is 255 g/mol. The number of nitrogens with zero attached hydrogens (tertiary/aromatic N) is 1. The third-order valence-electron chi connectivity index (χ3n) is 3.00. The van der Waals surface area contributed by atoms with Crippen LogP contribution in [0.4, 0.5) is 13.2 Å². The van der Waals surface area contributed by atoms with E-state index < -0.39 is 11.9 Å². The molecule has 3 aromatic rings. The predicted octanol–water partition coefficient (Wildman–Crippen LogP) is 4.30. The van der Waals surface area contributed by atoms with Gasteiger partial charge in [-0.3, -0.25) is 0 Å². The molecule has 0 bridgehead atoms. The summed E-state index contributed by atoms with van der Waals surface area (Å²) in [5.41, 5.74) is -0.115. The van der Waals surface area contributed by atoms with Crippen LogP contribution in [0.1, 0.15) is 11.5 Å². The van der Waals surface area contributed by atoms with Crippen molar-refractivity contribution in [3.63, 3.8) is 0 Å². The monoisotopic (exact) mass is 265 g/mol. The van der Waals surface area contributed by atoms with Crippen molar-refractivity contribution in [3.05, 3.63) is 60.2 Å². The Morgan fingerprint density at radius 1 is 1.05 bits per heavy atom. The van der Waals surface area contributed by atoms with E-state index in [4.69, 9.17) is 4.42 Å². The second kappa shape index (κ2) is 4.19. The Balaban J connectivity index is 2.19. The molecule has 5 heteroatoms. The van der Waals surface area contributed by atoms with Crippen LogP contribution in [0, 0.1) is 0 Å². The summed E-state index contributed by atoms with van der Waals surface area (Å²) in [7, 11) is 0. The Morgan fingerprint density at radius 2 is 1.84 bits per heavy atom. The zero-order valence-electron chi connectivity index (χ0n) is 9.82. The molecule has 0 aliphatic heterocycles. The van der Waals surface area contributed by atoms with Crippen LogP contribution in [0.3, 0.4) is 0 Å². The Kier molecular flexibility index (Phi) is 2.62. The van der Waals surface area contributed by atoms with Crippen LogP contribution >= 0.6 is 0 Å². The number of halogens is 3. The van der Waals surface area contributed by atoms with Crippen LogP contribution in [-0.2, 0) is 12.7 Å². The second-order valence-electron chi connectivity index (χ2n) is 4.25. The molecule has 0 atom stereocenters. The maximum atomic E-state index is 13.1. The van der Waals surface area contributed by atoms with Crippen molar-refractivity contribution < 1.29 is 17.6 Å².